The molecular weight excluding hydrogens is 308 g/mol. The molecule has 1 fully saturated rings. The van der Waals surface area contributed by atoms with E-state index >= 15 is 0 Å². The number of likely N-dealkylation sites (tertiary alicyclic amines) is 1. The van der Waals surface area contributed by atoms with E-state index in [-0.39, 0.29) is 24.8 Å². The summed E-state index contributed by atoms with van der Waals surface area (Å²) in [6.07, 6.45) is -1.03. The number of urea groups is 1. The predicted octanol–water partition coefficient (Wildman–Crippen LogP) is 2.64. The van der Waals surface area contributed by atoms with Gasteiger partial charge in [0.15, 0.2) is 0 Å². The first-order valence-electron chi connectivity index (χ1n) is 8.12. The molecule has 1 aromatic carbocycles. The number of benzene rings is 1. The molecule has 0 aliphatic carbocycles. The monoisotopic (exact) mass is 334 g/mol. The standard InChI is InChI=1S/C18H26N2O4/c1-12(2)11-23-16-8-6-5-7-14(16)19-18(22)20-9-15(21)17(10-20)24-13(3)4/h5-8,13,15,17,21H,1,9-11H2,2-4H3,(H,19,22)/t15-,17-/m1/s1. The Hall–Kier alpha value is -2.05. The van der Waals surface area contributed by atoms with Gasteiger partial charge in [0.05, 0.1) is 31.0 Å². The van der Waals surface area contributed by atoms with E-state index in [0.717, 1.165) is 5.57 Å². The van der Waals surface area contributed by atoms with Crippen LogP contribution in [0.15, 0.2) is 36.4 Å². The minimum atomic E-state index is -0.673. The average Bonchev–Trinajstić information content (AvgIpc) is 2.87. The fourth-order valence-electron chi connectivity index (χ4n) is 2.50. The summed E-state index contributed by atoms with van der Waals surface area (Å²) in [5.41, 5.74) is 1.49. The summed E-state index contributed by atoms with van der Waals surface area (Å²) in [7, 11) is 0. The maximum absolute atomic E-state index is 12.5. The zero-order chi connectivity index (χ0) is 17.7. The van der Waals surface area contributed by atoms with Crippen LogP contribution < -0.4 is 10.1 Å². The third-order valence-electron chi connectivity index (χ3n) is 3.57. The number of amides is 2. The molecule has 1 heterocycles. The fourth-order valence-corrected chi connectivity index (χ4v) is 2.50. The molecule has 0 saturated carbocycles. The lowest BCUT2D eigenvalue weighted by molar-refractivity contribution is -0.0393. The molecule has 6 heteroatoms. The van der Waals surface area contributed by atoms with Gasteiger partial charge in [-0.25, -0.2) is 4.79 Å². The van der Waals surface area contributed by atoms with Gasteiger partial charge in [0.2, 0.25) is 0 Å². The molecule has 2 N–H and O–H groups in total. The summed E-state index contributed by atoms with van der Waals surface area (Å²) in [5.74, 6) is 0.587. The average molecular weight is 334 g/mol. The molecule has 1 saturated heterocycles. The van der Waals surface area contributed by atoms with Gasteiger partial charge in [-0.3, -0.25) is 0 Å². The number of ether oxygens (including phenoxy) is 2. The van der Waals surface area contributed by atoms with Crippen molar-refractivity contribution >= 4 is 11.7 Å². The molecular formula is C18H26N2O4. The van der Waals surface area contributed by atoms with Gasteiger partial charge in [-0.2, -0.15) is 0 Å². The maximum atomic E-state index is 12.5. The minimum Gasteiger partial charge on any atom is -0.487 e. The van der Waals surface area contributed by atoms with Crippen LogP contribution in [0.4, 0.5) is 10.5 Å². The van der Waals surface area contributed by atoms with E-state index in [2.05, 4.69) is 11.9 Å². The number of anilines is 1. The lowest BCUT2D eigenvalue weighted by atomic mass is 10.2. The highest BCUT2D eigenvalue weighted by molar-refractivity contribution is 5.91. The second-order valence-electron chi connectivity index (χ2n) is 6.37. The van der Waals surface area contributed by atoms with Gasteiger partial charge < -0.3 is 24.8 Å². The SMILES string of the molecule is C=C(C)COc1ccccc1NC(=O)N1C[C@@H](O)[C@H](OC(C)C)C1. The Morgan fingerprint density at radius 3 is 2.79 bits per heavy atom. The Morgan fingerprint density at radius 1 is 1.42 bits per heavy atom. The van der Waals surface area contributed by atoms with Gasteiger partial charge in [0, 0.05) is 0 Å². The van der Waals surface area contributed by atoms with Crippen molar-refractivity contribution in [2.45, 2.75) is 39.1 Å². The van der Waals surface area contributed by atoms with Crippen LogP contribution in [0.25, 0.3) is 0 Å². The van der Waals surface area contributed by atoms with Crippen LogP contribution in [0, 0.1) is 0 Å². The Kier molecular flexibility index (Phi) is 6.23. The van der Waals surface area contributed by atoms with Crippen LogP contribution in [0.5, 0.6) is 5.75 Å². The van der Waals surface area contributed by atoms with Gasteiger partial charge in [-0.1, -0.05) is 18.7 Å². The third-order valence-corrected chi connectivity index (χ3v) is 3.57. The van der Waals surface area contributed by atoms with Crippen molar-refractivity contribution in [2.24, 2.45) is 0 Å². The number of rotatable bonds is 6. The number of para-hydroxylation sites is 2. The van der Waals surface area contributed by atoms with E-state index in [1.165, 1.54) is 0 Å². The second-order valence-corrected chi connectivity index (χ2v) is 6.37. The molecule has 0 aromatic heterocycles. The Bertz CT molecular complexity index is 588. The van der Waals surface area contributed by atoms with Gasteiger partial charge >= 0.3 is 6.03 Å². The van der Waals surface area contributed by atoms with E-state index in [1.54, 1.807) is 17.0 Å². The predicted molar refractivity (Wildman–Crippen MR) is 93.4 cm³/mol. The highest BCUT2D eigenvalue weighted by Gasteiger charge is 2.35. The molecule has 1 aromatic rings. The largest absolute Gasteiger partial charge is 0.487 e. The van der Waals surface area contributed by atoms with Crippen LogP contribution in [0.3, 0.4) is 0 Å². The summed E-state index contributed by atoms with van der Waals surface area (Å²) in [4.78, 5) is 14.0. The third kappa shape index (κ3) is 4.97. The number of nitrogens with one attached hydrogen (secondary N) is 1. The highest BCUT2D eigenvalue weighted by atomic mass is 16.5. The zero-order valence-corrected chi connectivity index (χ0v) is 14.5. The first-order valence-corrected chi connectivity index (χ1v) is 8.12. The van der Waals surface area contributed by atoms with E-state index < -0.39 is 6.10 Å². The normalized spacial score (nSPS) is 20.3. The van der Waals surface area contributed by atoms with Crippen LogP contribution in [0.2, 0.25) is 0 Å². The number of carbonyl (C=O) groups excluding carboxylic acids is 1. The van der Waals surface area contributed by atoms with Crippen molar-refractivity contribution in [3.05, 3.63) is 36.4 Å². The quantitative estimate of drug-likeness (QED) is 0.785. The molecule has 132 valence electrons. The number of hydrogen-bond donors (Lipinski definition) is 2. The maximum Gasteiger partial charge on any atom is 0.322 e. The Morgan fingerprint density at radius 2 is 2.12 bits per heavy atom. The fraction of sp³-hybridized carbons (Fsp3) is 0.500. The molecule has 24 heavy (non-hydrogen) atoms. The van der Waals surface area contributed by atoms with Crippen LogP contribution >= 0.6 is 0 Å². The molecule has 2 rings (SSSR count). The van der Waals surface area contributed by atoms with Crippen molar-refractivity contribution in [3.8, 4) is 5.75 Å². The molecule has 0 unspecified atom stereocenters. The van der Waals surface area contributed by atoms with Crippen LogP contribution in [-0.4, -0.2) is 54.0 Å². The number of hydrogen-bond acceptors (Lipinski definition) is 4. The molecule has 2 atom stereocenters. The van der Waals surface area contributed by atoms with Crippen molar-refractivity contribution in [1.29, 1.82) is 0 Å². The first kappa shape index (κ1) is 18.3. The van der Waals surface area contributed by atoms with E-state index in [4.69, 9.17) is 9.47 Å². The molecule has 0 radical (unpaired) electrons. The molecule has 6 nitrogen and oxygen atoms in total. The highest BCUT2D eigenvalue weighted by Crippen LogP contribution is 2.25. The summed E-state index contributed by atoms with van der Waals surface area (Å²) < 4.78 is 11.3. The molecule has 1 aliphatic heterocycles. The number of aliphatic hydroxyl groups is 1. The number of β-amino-alcohol motifs (C(OH)–C–C–N with tert-alkyl or cyclic N) is 1. The molecule has 1 aliphatic rings. The first-order chi connectivity index (χ1) is 11.4. The molecule has 0 bridgehead atoms. The van der Waals surface area contributed by atoms with Gasteiger partial charge in [-0.05, 0) is 38.5 Å². The second kappa shape index (κ2) is 8.17. The van der Waals surface area contributed by atoms with Gasteiger partial charge in [0.1, 0.15) is 18.5 Å². The molecule has 0 spiro atoms. The topological polar surface area (TPSA) is 71.0 Å². The Balaban J connectivity index is 1.99. The summed E-state index contributed by atoms with van der Waals surface area (Å²) in [6, 6.07) is 6.96. The smallest absolute Gasteiger partial charge is 0.322 e. The number of nitrogens with zero attached hydrogens (tertiary/aromatic N) is 1. The van der Waals surface area contributed by atoms with Crippen molar-refractivity contribution in [1.82, 2.24) is 4.90 Å². The summed E-state index contributed by atoms with van der Waals surface area (Å²) >= 11 is 0. The lowest BCUT2D eigenvalue weighted by Gasteiger charge is -2.19. The Labute approximate surface area is 143 Å². The van der Waals surface area contributed by atoms with Crippen molar-refractivity contribution in [3.63, 3.8) is 0 Å². The summed E-state index contributed by atoms with van der Waals surface area (Å²) in [5, 5.41) is 12.9. The number of carbonyl (C=O) groups is 1. The van der Waals surface area contributed by atoms with Crippen molar-refractivity contribution < 1.29 is 19.4 Å². The van der Waals surface area contributed by atoms with Crippen LogP contribution in [0.1, 0.15) is 20.8 Å². The van der Waals surface area contributed by atoms with Gasteiger partial charge in [-0.15, -0.1) is 0 Å². The van der Waals surface area contributed by atoms with Crippen LogP contribution in [-0.2, 0) is 4.74 Å². The van der Waals surface area contributed by atoms with Gasteiger partial charge in [0.25, 0.3) is 0 Å². The lowest BCUT2D eigenvalue weighted by Crippen LogP contribution is -2.34. The zero-order valence-electron chi connectivity index (χ0n) is 14.5. The van der Waals surface area contributed by atoms with E-state index in [9.17, 15) is 9.90 Å². The van der Waals surface area contributed by atoms with E-state index in [0.29, 0.717) is 24.6 Å². The molecule has 2 amide bonds. The van der Waals surface area contributed by atoms with E-state index in [1.807, 2.05) is 32.9 Å². The minimum absolute atomic E-state index is 0.00364. The summed E-state index contributed by atoms with van der Waals surface area (Å²) in [6.45, 7) is 10.5. The van der Waals surface area contributed by atoms with Crippen molar-refractivity contribution in [2.75, 3.05) is 25.0 Å². The number of aliphatic hydroxyl groups excluding tert-OH is 1.